The molecular weight excluding hydrogens is 403 g/mol. The molecule has 0 spiro atoms. The van der Waals surface area contributed by atoms with Gasteiger partial charge in [0.25, 0.3) is 5.89 Å². The molecule has 1 aliphatic rings. The number of methoxy groups -OCH3 is 3. The fraction of sp³-hybridized carbons (Fsp3) is 0.409. The Morgan fingerprint density at radius 3 is 2.48 bits per heavy atom. The number of nitrogens with zero attached hydrogens (tertiary/aromatic N) is 4. The fourth-order valence-corrected chi connectivity index (χ4v) is 3.89. The maximum Gasteiger partial charge on any atom is 0.265 e. The maximum atomic E-state index is 15.9. The van der Waals surface area contributed by atoms with Crippen LogP contribution < -0.4 is 14.2 Å². The van der Waals surface area contributed by atoms with Crippen molar-refractivity contribution in [2.75, 3.05) is 34.4 Å². The highest BCUT2D eigenvalue weighted by Crippen LogP contribution is 2.39. The van der Waals surface area contributed by atoms with Crippen molar-refractivity contribution < 1.29 is 23.1 Å². The van der Waals surface area contributed by atoms with Gasteiger partial charge in [-0.05, 0) is 37.6 Å². The van der Waals surface area contributed by atoms with Crippen LogP contribution in [0.4, 0.5) is 4.39 Å². The molecule has 31 heavy (non-hydrogen) atoms. The van der Waals surface area contributed by atoms with Crippen LogP contribution in [-0.4, -0.2) is 54.4 Å². The van der Waals surface area contributed by atoms with E-state index >= 15 is 4.39 Å². The minimum Gasteiger partial charge on any atom is -0.496 e. The van der Waals surface area contributed by atoms with E-state index in [1.807, 2.05) is 11.0 Å². The number of pyridine rings is 1. The molecule has 164 valence electrons. The largest absolute Gasteiger partial charge is 0.496 e. The van der Waals surface area contributed by atoms with Gasteiger partial charge in [0.1, 0.15) is 5.75 Å². The van der Waals surface area contributed by atoms with Crippen LogP contribution in [0.25, 0.3) is 11.4 Å². The molecule has 0 amide bonds. The van der Waals surface area contributed by atoms with Gasteiger partial charge in [-0.25, -0.2) is 4.39 Å². The summed E-state index contributed by atoms with van der Waals surface area (Å²) in [5.41, 5.74) is -0.107. The number of ether oxygens (including phenoxy) is 3. The van der Waals surface area contributed by atoms with E-state index in [1.54, 1.807) is 51.9 Å². The molecule has 8 nitrogen and oxygen atoms in total. The summed E-state index contributed by atoms with van der Waals surface area (Å²) < 4.78 is 37.5. The molecule has 1 atom stereocenters. The molecule has 0 N–H and O–H groups in total. The first-order valence-corrected chi connectivity index (χ1v) is 10.0. The summed E-state index contributed by atoms with van der Waals surface area (Å²) in [5, 5.41) is 3.96. The van der Waals surface area contributed by atoms with E-state index in [2.05, 4.69) is 15.1 Å². The topological polar surface area (TPSA) is 82.7 Å². The summed E-state index contributed by atoms with van der Waals surface area (Å²) in [6.07, 6.45) is 4.26. The number of likely N-dealkylation sites (tertiary alicyclic amines) is 1. The highest BCUT2D eigenvalue weighted by molar-refractivity contribution is 5.53. The second-order valence-electron chi connectivity index (χ2n) is 7.46. The van der Waals surface area contributed by atoms with Gasteiger partial charge in [0.15, 0.2) is 11.5 Å². The molecule has 3 heterocycles. The predicted octanol–water partition coefficient (Wildman–Crippen LogP) is 3.62. The smallest absolute Gasteiger partial charge is 0.265 e. The zero-order valence-electron chi connectivity index (χ0n) is 17.8. The third-order valence-electron chi connectivity index (χ3n) is 5.45. The number of halogens is 1. The first-order chi connectivity index (χ1) is 15.1. The summed E-state index contributed by atoms with van der Waals surface area (Å²) in [6.45, 7) is 1.37. The summed E-state index contributed by atoms with van der Waals surface area (Å²) >= 11 is 0. The summed E-state index contributed by atoms with van der Waals surface area (Å²) in [7, 11) is 4.75. The number of hydrogen-bond donors (Lipinski definition) is 0. The highest BCUT2D eigenvalue weighted by Gasteiger charge is 2.42. The van der Waals surface area contributed by atoms with Crippen LogP contribution in [0.5, 0.6) is 17.2 Å². The lowest BCUT2D eigenvalue weighted by Gasteiger charge is -2.35. The number of hydrogen-bond acceptors (Lipinski definition) is 8. The Balaban J connectivity index is 1.54. The van der Waals surface area contributed by atoms with Gasteiger partial charge in [-0.15, -0.1) is 0 Å². The highest BCUT2D eigenvalue weighted by atomic mass is 19.1. The maximum absolute atomic E-state index is 15.9. The van der Waals surface area contributed by atoms with Crippen molar-refractivity contribution in [2.24, 2.45) is 0 Å². The number of rotatable bonds is 7. The van der Waals surface area contributed by atoms with Crippen LogP contribution in [0.15, 0.2) is 41.2 Å². The van der Waals surface area contributed by atoms with E-state index in [1.165, 1.54) is 0 Å². The van der Waals surface area contributed by atoms with Gasteiger partial charge in [-0.3, -0.25) is 9.88 Å². The molecule has 3 aromatic rings. The SMILES string of the molecule is COc1cc(OC)c(OC)cc1CN1CCCC(F)(c2nc(-c3ccncc3)no2)C1. The zero-order valence-corrected chi connectivity index (χ0v) is 17.8. The monoisotopic (exact) mass is 428 g/mol. The quantitative estimate of drug-likeness (QED) is 0.564. The minimum absolute atomic E-state index is 0.00305. The fourth-order valence-electron chi connectivity index (χ4n) is 3.89. The summed E-state index contributed by atoms with van der Waals surface area (Å²) in [6, 6.07) is 7.16. The van der Waals surface area contributed by atoms with Crippen molar-refractivity contribution in [1.29, 1.82) is 0 Å². The van der Waals surface area contributed by atoms with E-state index in [9.17, 15) is 0 Å². The van der Waals surface area contributed by atoms with Crippen LogP contribution in [0, 0.1) is 0 Å². The standard InChI is InChI=1S/C22H25FN4O4/c1-28-17-12-19(30-3)18(29-2)11-16(17)13-27-10-4-7-22(23,14-27)21-25-20(26-31-21)15-5-8-24-9-6-15/h5-6,8-9,11-12H,4,7,10,13-14H2,1-3H3. The molecule has 4 rings (SSSR count). The van der Waals surface area contributed by atoms with Crippen molar-refractivity contribution >= 4 is 0 Å². The van der Waals surface area contributed by atoms with Crippen LogP contribution in [-0.2, 0) is 12.2 Å². The van der Waals surface area contributed by atoms with Gasteiger partial charge >= 0.3 is 0 Å². The number of alkyl halides is 1. The molecule has 1 aromatic carbocycles. The zero-order chi connectivity index (χ0) is 21.8. The third kappa shape index (κ3) is 4.32. The van der Waals surface area contributed by atoms with Gasteiger partial charge in [-0.1, -0.05) is 5.16 Å². The lowest BCUT2D eigenvalue weighted by Crippen LogP contribution is -2.43. The van der Waals surface area contributed by atoms with Crippen molar-refractivity contribution in [3.63, 3.8) is 0 Å². The Hall–Kier alpha value is -3.20. The van der Waals surface area contributed by atoms with Crippen molar-refractivity contribution in [2.45, 2.75) is 25.1 Å². The number of aromatic nitrogens is 3. The van der Waals surface area contributed by atoms with E-state index in [0.717, 1.165) is 17.7 Å². The molecule has 1 unspecified atom stereocenters. The molecule has 1 saturated heterocycles. The normalized spacial score (nSPS) is 19.2. The van der Waals surface area contributed by atoms with E-state index in [0.29, 0.717) is 42.5 Å². The molecule has 1 aliphatic heterocycles. The van der Waals surface area contributed by atoms with Gasteiger partial charge in [-0.2, -0.15) is 4.98 Å². The molecule has 0 bridgehead atoms. The Labute approximate surface area is 179 Å². The van der Waals surface area contributed by atoms with Crippen molar-refractivity contribution in [3.8, 4) is 28.6 Å². The Morgan fingerprint density at radius 2 is 1.77 bits per heavy atom. The van der Waals surface area contributed by atoms with E-state index < -0.39 is 5.67 Å². The minimum atomic E-state index is -1.72. The van der Waals surface area contributed by atoms with Crippen LogP contribution >= 0.6 is 0 Å². The van der Waals surface area contributed by atoms with Gasteiger partial charge < -0.3 is 18.7 Å². The predicted molar refractivity (Wildman–Crippen MR) is 111 cm³/mol. The molecule has 0 aliphatic carbocycles. The second kappa shape index (κ2) is 8.89. The third-order valence-corrected chi connectivity index (χ3v) is 5.45. The van der Waals surface area contributed by atoms with Gasteiger partial charge in [0, 0.05) is 42.7 Å². The second-order valence-corrected chi connectivity index (χ2v) is 7.46. The summed E-state index contributed by atoms with van der Waals surface area (Å²) in [5.74, 6) is 2.19. The molecule has 0 radical (unpaired) electrons. The molecular formula is C22H25FN4O4. The lowest BCUT2D eigenvalue weighted by molar-refractivity contribution is 0.0121. The van der Waals surface area contributed by atoms with Crippen LogP contribution in [0.1, 0.15) is 24.3 Å². The average Bonchev–Trinajstić information content (AvgIpc) is 3.31. The Bertz CT molecular complexity index is 1030. The molecule has 0 saturated carbocycles. The van der Waals surface area contributed by atoms with Crippen LogP contribution in [0.3, 0.4) is 0 Å². The molecule has 1 fully saturated rings. The van der Waals surface area contributed by atoms with Crippen molar-refractivity contribution in [1.82, 2.24) is 20.0 Å². The Morgan fingerprint density at radius 1 is 1.06 bits per heavy atom. The molecule has 2 aromatic heterocycles. The molecule has 9 heteroatoms. The number of piperidine rings is 1. The summed E-state index contributed by atoms with van der Waals surface area (Å²) in [4.78, 5) is 10.3. The van der Waals surface area contributed by atoms with E-state index in [-0.39, 0.29) is 12.4 Å². The van der Waals surface area contributed by atoms with Gasteiger partial charge in [0.2, 0.25) is 11.5 Å². The van der Waals surface area contributed by atoms with Crippen LogP contribution in [0.2, 0.25) is 0 Å². The lowest BCUT2D eigenvalue weighted by atomic mass is 9.94. The average molecular weight is 428 g/mol. The van der Waals surface area contributed by atoms with E-state index in [4.69, 9.17) is 18.7 Å². The first-order valence-electron chi connectivity index (χ1n) is 10.0. The first kappa shape index (κ1) is 21.0. The van der Waals surface area contributed by atoms with Gasteiger partial charge in [0.05, 0.1) is 21.3 Å². The Kier molecular flexibility index (Phi) is 6.03. The number of benzene rings is 1. The van der Waals surface area contributed by atoms with Crippen molar-refractivity contribution in [3.05, 3.63) is 48.1 Å².